The summed E-state index contributed by atoms with van der Waals surface area (Å²) in [7, 11) is 0. The molecule has 2 nitrogen and oxygen atoms in total. The van der Waals surface area contributed by atoms with Gasteiger partial charge in [0.05, 0.1) is 5.41 Å². The first-order valence-electron chi connectivity index (χ1n) is 4.24. The Morgan fingerprint density at radius 1 is 1.36 bits per heavy atom. The highest BCUT2D eigenvalue weighted by molar-refractivity contribution is 5.74. The number of hydrogen-bond acceptors (Lipinski definition) is 1. The molecule has 0 heterocycles. The van der Waals surface area contributed by atoms with Crippen LogP contribution < -0.4 is 0 Å². The molecule has 0 aromatic carbocycles. The van der Waals surface area contributed by atoms with Crippen molar-refractivity contribution in [3.05, 3.63) is 0 Å². The molecule has 0 atom stereocenters. The Labute approximate surface area is 68.6 Å². The van der Waals surface area contributed by atoms with E-state index in [2.05, 4.69) is 0 Å². The molecule has 0 rings (SSSR count). The van der Waals surface area contributed by atoms with Gasteiger partial charge in [-0.2, -0.15) is 0 Å². The first-order valence-corrected chi connectivity index (χ1v) is 4.24. The molecule has 1 N–H and O–H groups in total. The summed E-state index contributed by atoms with van der Waals surface area (Å²) < 4.78 is 0. The van der Waals surface area contributed by atoms with E-state index < -0.39 is 11.4 Å². The molecular formula is C9H18O2. The third-order valence-electron chi connectivity index (χ3n) is 2.79. The zero-order valence-corrected chi connectivity index (χ0v) is 7.85. The van der Waals surface area contributed by atoms with Crippen molar-refractivity contribution in [1.29, 1.82) is 0 Å². The van der Waals surface area contributed by atoms with Gasteiger partial charge in [-0.25, -0.2) is 0 Å². The van der Waals surface area contributed by atoms with Crippen molar-refractivity contribution in [3.63, 3.8) is 0 Å². The third kappa shape index (κ3) is 1.73. The lowest BCUT2D eigenvalue weighted by Gasteiger charge is -2.30. The Morgan fingerprint density at radius 2 is 1.73 bits per heavy atom. The van der Waals surface area contributed by atoms with E-state index >= 15 is 0 Å². The van der Waals surface area contributed by atoms with Crippen LogP contribution in [0.15, 0.2) is 0 Å². The maximum atomic E-state index is 10.9. The normalized spacial score (nSPS) is 12.1. The van der Waals surface area contributed by atoms with Crippen LogP contribution >= 0.6 is 0 Å². The summed E-state index contributed by atoms with van der Waals surface area (Å²) >= 11 is 0. The molecular weight excluding hydrogens is 140 g/mol. The van der Waals surface area contributed by atoms with Crippen molar-refractivity contribution in [2.75, 3.05) is 0 Å². The Balaban J connectivity index is 4.61. The molecule has 0 spiro atoms. The molecule has 11 heavy (non-hydrogen) atoms. The standard InChI is InChI=1S/C9H18O2/c1-5-9(6-2,7(3)4)8(10)11/h7H,5-6H2,1-4H3,(H,10,11). The molecule has 0 aromatic heterocycles. The van der Waals surface area contributed by atoms with Gasteiger partial charge < -0.3 is 5.11 Å². The number of rotatable bonds is 4. The number of carboxylic acids is 1. The Hall–Kier alpha value is -0.530. The number of carboxylic acid groups (broad SMARTS) is 1. The third-order valence-corrected chi connectivity index (χ3v) is 2.79. The van der Waals surface area contributed by atoms with Crippen LogP contribution in [0, 0.1) is 11.3 Å². The van der Waals surface area contributed by atoms with Crippen LogP contribution in [-0.4, -0.2) is 11.1 Å². The average molecular weight is 158 g/mol. The predicted octanol–water partition coefficient (Wildman–Crippen LogP) is 2.53. The van der Waals surface area contributed by atoms with Crippen molar-refractivity contribution in [2.45, 2.75) is 40.5 Å². The minimum absolute atomic E-state index is 0.218. The lowest BCUT2D eigenvalue weighted by atomic mass is 9.73. The highest BCUT2D eigenvalue weighted by Crippen LogP contribution is 2.34. The molecule has 0 aliphatic carbocycles. The van der Waals surface area contributed by atoms with Crippen LogP contribution in [0.4, 0.5) is 0 Å². The number of carbonyl (C=O) groups is 1. The molecule has 0 aliphatic heterocycles. The summed E-state index contributed by atoms with van der Waals surface area (Å²) in [6.07, 6.45) is 1.44. The molecule has 0 unspecified atom stereocenters. The van der Waals surface area contributed by atoms with Gasteiger partial charge in [-0.15, -0.1) is 0 Å². The van der Waals surface area contributed by atoms with Crippen LogP contribution in [0.3, 0.4) is 0 Å². The molecule has 0 bridgehead atoms. The smallest absolute Gasteiger partial charge is 0.309 e. The van der Waals surface area contributed by atoms with E-state index in [4.69, 9.17) is 5.11 Å². The average Bonchev–Trinajstić information content (AvgIpc) is 1.90. The van der Waals surface area contributed by atoms with Crippen molar-refractivity contribution >= 4 is 5.97 Å². The quantitative estimate of drug-likeness (QED) is 0.682. The molecule has 66 valence electrons. The summed E-state index contributed by atoms with van der Waals surface area (Å²) in [5.74, 6) is -0.438. The summed E-state index contributed by atoms with van der Waals surface area (Å²) in [5, 5.41) is 8.99. The zero-order chi connectivity index (χ0) is 9.07. The topological polar surface area (TPSA) is 37.3 Å². The van der Waals surface area contributed by atoms with Crippen LogP contribution in [-0.2, 0) is 4.79 Å². The zero-order valence-electron chi connectivity index (χ0n) is 7.85. The largest absolute Gasteiger partial charge is 0.481 e. The van der Waals surface area contributed by atoms with Crippen molar-refractivity contribution in [3.8, 4) is 0 Å². The minimum atomic E-state index is -0.655. The second kappa shape index (κ2) is 3.74. The molecule has 0 saturated heterocycles. The van der Waals surface area contributed by atoms with Gasteiger partial charge >= 0.3 is 5.97 Å². The highest BCUT2D eigenvalue weighted by Gasteiger charge is 2.37. The Morgan fingerprint density at radius 3 is 1.73 bits per heavy atom. The first kappa shape index (κ1) is 10.5. The maximum absolute atomic E-state index is 10.9. The number of hydrogen-bond donors (Lipinski definition) is 1. The Kier molecular flexibility index (Phi) is 3.56. The van der Waals surface area contributed by atoms with Crippen molar-refractivity contribution < 1.29 is 9.90 Å². The molecule has 0 amide bonds. The van der Waals surface area contributed by atoms with E-state index in [1.54, 1.807) is 0 Å². The van der Waals surface area contributed by atoms with E-state index in [0.29, 0.717) is 0 Å². The molecule has 0 aromatic rings. The van der Waals surface area contributed by atoms with Gasteiger partial charge in [-0.1, -0.05) is 27.7 Å². The lowest BCUT2D eigenvalue weighted by molar-refractivity contribution is -0.152. The fourth-order valence-corrected chi connectivity index (χ4v) is 1.62. The van der Waals surface area contributed by atoms with E-state index in [1.165, 1.54) is 0 Å². The molecule has 0 fully saturated rings. The van der Waals surface area contributed by atoms with E-state index in [-0.39, 0.29) is 5.92 Å². The SMILES string of the molecule is CCC(CC)(C(=O)O)C(C)C. The number of aliphatic carboxylic acids is 1. The van der Waals surface area contributed by atoms with Gasteiger partial charge in [0.25, 0.3) is 0 Å². The maximum Gasteiger partial charge on any atom is 0.309 e. The minimum Gasteiger partial charge on any atom is -0.481 e. The lowest BCUT2D eigenvalue weighted by Crippen LogP contribution is -2.34. The van der Waals surface area contributed by atoms with Gasteiger partial charge in [-0.05, 0) is 18.8 Å². The van der Waals surface area contributed by atoms with Crippen LogP contribution in [0.1, 0.15) is 40.5 Å². The van der Waals surface area contributed by atoms with Crippen LogP contribution in [0.25, 0.3) is 0 Å². The summed E-state index contributed by atoms with van der Waals surface area (Å²) in [6, 6.07) is 0. The Bertz CT molecular complexity index is 134. The first-order chi connectivity index (χ1) is 5.01. The molecule has 0 radical (unpaired) electrons. The summed E-state index contributed by atoms with van der Waals surface area (Å²) in [6.45, 7) is 7.83. The summed E-state index contributed by atoms with van der Waals surface area (Å²) in [4.78, 5) is 10.9. The van der Waals surface area contributed by atoms with Crippen molar-refractivity contribution in [2.24, 2.45) is 11.3 Å². The monoisotopic (exact) mass is 158 g/mol. The van der Waals surface area contributed by atoms with Crippen LogP contribution in [0.5, 0.6) is 0 Å². The summed E-state index contributed by atoms with van der Waals surface area (Å²) in [5.41, 5.74) is -0.500. The fraction of sp³-hybridized carbons (Fsp3) is 0.889. The molecule has 2 heteroatoms. The van der Waals surface area contributed by atoms with Gasteiger partial charge in [0.1, 0.15) is 0 Å². The molecule has 0 aliphatic rings. The highest BCUT2D eigenvalue weighted by atomic mass is 16.4. The van der Waals surface area contributed by atoms with Gasteiger partial charge in [0.15, 0.2) is 0 Å². The van der Waals surface area contributed by atoms with E-state index in [1.807, 2.05) is 27.7 Å². The van der Waals surface area contributed by atoms with E-state index in [9.17, 15) is 4.79 Å². The van der Waals surface area contributed by atoms with Crippen molar-refractivity contribution in [1.82, 2.24) is 0 Å². The van der Waals surface area contributed by atoms with E-state index in [0.717, 1.165) is 12.8 Å². The predicted molar refractivity (Wildman–Crippen MR) is 45.5 cm³/mol. The second-order valence-corrected chi connectivity index (χ2v) is 3.32. The van der Waals surface area contributed by atoms with Crippen LogP contribution in [0.2, 0.25) is 0 Å². The fourth-order valence-electron chi connectivity index (χ4n) is 1.62. The van der Waals surface area contributed by atoms with Gasteiger partial charge in [-0.3, -0.25) is 4.79 Å². The molecule has 0 saturated carbocycles. The van der Waals surface area contributed by atoms with Gasteiger partial charge in [0.2, 0.25) is 0 Å². The second-order valence-electron chi connectivity index (χ2n) is 3.32. The van der Waals surface area contributed by atoms with Gasteiger partial charge in [0, 0.05) is 0 Å².